The van der Waals surface area contributed by atoms with Crippen LogP contribution in [0.3, 0.4) is 0 Å². The standard InChI is InChI=1S/C21H27ClN6O2/c1-26-7-3-2-4-16(20(26)29)25-21(30)28-10-8-27(9-11-28)18-13-19(23)24-17-12-14(22)5-6-15(17)18/h5-6,12-13,16H,2-4,7-11H2,1H3,(H2,23,24)(H,25,30). The Labute approximate surface area is 180 Å². The average Bonchev–Trinajstić information content (AvgIpc) is 2.88. The molecule has 0 aliphatic carbocycles. The van der Waals surface area contributed by atoms with Crippen molar-refractivity contribution in [2.24, 2.45) is 0 Å². The molecule has 1 aromatic carbocycles. The zero-order chi connectivity index (χ0) is 21.3. The van der Waals surface area contributed by atoms with Gasteiger partial charge in [-0.1, -0.05) is 11.6 Å². The number of pyridine rings is 1. The van der Waals surface area contributed by atoms with Crippen LogP contribution < -0.4 is 16.0 Å². The SMILES string of the molecule is CN1CCCCC(NC(=O)N2CCN(c3cc(N)nc4cc(Cl)ccc34)CC2)C1=O. The molecule has 2 aliphatic rings. The highest BCUT2D eigenvalue weighted by Gasteiger charge is 2.29. The molecule has 3 heterocycles. The quantitative estimate of drug-likeness (QED) is 0.762. The van der Waals surface area contributed by atoms with Crippen LogP contribution in [0.2, 0.25) is 5.02 Å². The van der Waals surface area contributed by atoms with E-state index in [1.165, 1.54) is 0 Å². The highest BCUT2D eigenvalue weighted by Crippen LogP contribution is 2.30. The Hall–Kier alpha value is -2.74. The van der Waals surface area contributed by atoms with E-state index >= 15 is 0 Å². The maximum Gasteiger partial charge on any atom is 0.318 e. The lowest BCUT2D eigenvalue weighted by molar-refractivity contribution is -0.131. The number of amides is 3. The molecule has 3 N–H and O–H groups in total. The molecule has 3 amide bonds. The number of carbonyl (C=O) groups is 2. The van der Waals surface area contributed by atoms with Crippen molar-refractivity contribution in [3.8, 4) is 0 Å². The number of rotatable bonds is 2. The monoisotopic (exact) mass is 430 g/mol. The summed E-state index contributed by atoms with van der Waals surface area (Å²) in [6.07, 6.45) is 2.61. The van der Waals surface area contributed by atoms with Crippen LogP contribution in [0.5, 0.6) is 0 Å². The number of benzene rings is 1. The number of aromatic nitrogens is 1. The predicted molar refractivity (Wildman–Crippen MR) is 119 cm³/mol. The molecule has 1 atom stereocenters. The third-order valence-corrected chi connectivity index (χ3v) is 6.12. The maximum atomic E-state index is 12.8. The highest BCUT2D eigenvalue weighted by molar-refractivity contribution is 6.31. The van der Waals surface area contributed by atoms with Gasteiger partial charge in [-0.25, -0.2) is 9.78 Å². The van der Waals surface area contributed by atoms with Gasteiger partial charge in [-0.2, -0.15) is 0 Å². The van der Waals surface area contributed by atoms with E-state index < -0.39 is 6.04 Å². The number of anilines is 2. The van der Waals surface area contributed by atoms with Crippen molar-refractivity contribution >= 4 is 45.9 Å². The van der Waals surface area contributed by atoms with E-state index in [2.05, 4.69) is 15.2 Å². The van der Waals surface area contributed by atoms with Gasteiger partial charge in [0.15, 0.2) is 0 Å². The van der Waals surface area contributed by atoms with E-state index in [1.54, 1.807) is 22.9 Å². The summed E-state index contributed by atoms with van der Waals surface area (Å²) in [7, 11) is 1.80. The molecule has 0 saturated carbocycles. The first kappa shape index (κ1) is 20.5. The summed E-state index contributed by atoms with van der Waals surface area (Å²) in [6.45, 7) is 3.23. The number of hydrogen-bond acceptors (Lipinski definition) is 5. The van der Waals surface area contributed by atoms with E-state index in [9.17, 15) is 9.59 Å². The largest absolute Gasteiger partial charge is 0.384 e. The molecule has 1 unspecified atom stereocenters. The van der Waals surface area contributed by atoms with Gasteiger partial charge >= 0.3 is 6.03 Å². The Bertz CT molecular complexity index is 955. The van der Waals surface area contributed by atoms with Crippen molar-refractivity contribution in [1.82, 2.24) is 20.1 Å². The second kappa shape index (κ2) is 8.55. The highest BCUT2D eigenvalue weighted by atomic mass is 35.5. The number of halogens is 1. The van der Waals surface area contributed by atoms with E-state index in [1.807, 2.05) is 18.2 Å². The molecule has 2 saturated heterocycles. The van der Waals surface area contributed by atoms with Gasteiger partial charge in [0, 0.05) is 61.9 Å². The molecule has 2 aromatic rings. The number of likely N-dealkylation sites (N-methyl/N-ethyl adjacent to an activating group) is 1. The Kier molecular flexibility index (Phi) is 5.85. The van der Waals surface area contributed by atoms with Crippen LogP contribution in [0.15, 0.2) is 24.3 Å². The molecular weight excluding hydrogens is 404 g/mol. The minimum Gasteiger partial charge on any atom is -0.384 e. The lowest BCUT2D eigenvalue weighted by atomic mass is 10.1. The number of hydrogen-bond donors (Lipinski definition) is 2. The van der Waals surface area contributed by atoms with E-state index in [0.29, 0.717) is 43.4 Å². The number of nitrogen functional groups attached to an aromatic ring is 1. The first-order valence-electron chi connectivity index (χ1n) is 10.3. The van der Waals surface area contributed by atoms with Crippen molar-refractivity contribution in [1.29, 1.82) is 0 Å². The van der Waals surface area contributed by atoms with Gasteiger partial charge in [-0.05, 0) is 37.5 Å². The molecule has 0 bridgehead atoms. The van der Waals surface area contributed by atoms with Crippen molar-refractivity contribution in [3.63, 3.8) is 0 Å². The Morgan fingerprint density at radius 1 is 1.17 bits per heavy atom. The van der Waals surface area contributed by atoms with Crippen molar-refractivity contribution in [2.45, 2.75) is 25.3 Å². The van der Waals surface area contributed by atoms with Gasteiger partial charge in [-0.15, -0.1) is 0 Å². The van der Waals surface area contributed by atoms with Gasteiger partial charge in [0.2, 0.25) is 5.91 Å². The van der Waals surface area contributed by atoms with Crippen LogP contribution in [0, 0.1) is 0 Å². The zero-order valence-electron chi connectivity index (χ0n) is 17.1. The first-order valence-corrected chi connectivity index (χ1v) is 10.7. The minimum atomic E-state index is -0.434. The molecule has 160 valence electrons. The van der Waals surface area contributed by atoms with Crippen molar-refractivity contribution < 1.29 is 9.59 Å². The first-order chi connectivity index (χ1) is 14.4. The fourth-order valence-electron chi connectivity index (χ4n) is 4.19. The second-order valence-electron chi connectivity index (χ2n) is 7.96. The summed E-state index contributed by atoms with van der Waals surface area (Å²) in [6, 6.07) is 6.86. The molecule has 9 heteroatoms. The lowest BCUT2D eigenvalue weighted by Crippen LogP contribution is -2.55. The van der Waals surface area contributed by atoms with Gasteiger partial charge in [0.25, 0.3) is 0 Å². The van der Waals surface area contributed by atoms with Gasteiger partial charge in [0.05, 0.1) is 5.52 Å². The van der Waals surface area contributed by atoms with Crippen LogP contribution in [0.25, 0.3) is 10.9 Å². The van der Waals surface area contributed by atoms with E-state index in [0.717, 1.165) is 36.0 Å². The number of urea groups is 1. The molecule has 8 nitrogen and oxygen atoms in total. The van der Waals surface area contributed by atoms with E-state index in [-0.39, 0.29) is 11.9 Å². The molecule has 0 spiro atoms. The Balaban J connectivity index is 1.42. The summed E-state index contributed by atoms with van der Waals surface area (Å²) >= 11 is 6.10. The minimum absolute atomic E-state index is 0.00289. The predicted octanol–water partition coefficient (Wildman–Crippen LogP) is 2.31. The number of likely N-dealkylation sites (tertiary alicyclic amines) is 1. The van der Waals surface area contributed by atoms with Gasteiger partial charge in [-0.3, -0.25) is 4.79 Å². The molecular formula is C21H27ClN6O2. The number of nitrogens with zero attached hydrogens (tertiary/aromatic N) is 4. The summed E-state index contributed by atoms with van der Waals surface area (Å²) in [5, 5.41) is 4.54. The summed E-state index contributed by atoms with van der Waals surface area (Å²) in [4.78, 5) is 35.3. The van der Waals surface area contributed by atoms with Crippen molar-refractivity contribution in [2.75, 3.05) is 50.4 Å². The summed E-state index contributed by atoms with van der Waals surface area (Å²) in [5.41, 5.74) is 7.76. The smallest absolute Gasteiger partial charge is 0.318 e. The van der Waals surface area contributed by atoms with Crippen LogP contribution in [0.1, 0.15) is 19.3 Å². The zero-order valence-corrected chi connectivity index (χ0v) is 17.9. The topological polar surface area (TPSA) is 94.8 Å². The lowest BCUT2D eigenvalue weighted by Gasteiger charge is -2.37. The van der Waals surface area contributed by atoms with Crippen LogP contribution >= 0.6 is 11.6 Å². The van der Waals surface area contributed by atoms with Crippen LogP contribution in [0.4, 0.5) is 16.3 Å². The molecule has 2 aliphatic heterocycles. The van der Waals surface area contributed by atoms with Crippen LogP contribution in [-0.2, 0) is 4.79 Å². The summed E-state index contributed by atoms with van der Waals surface area (Å²) < 4.78 is 0. The fraction of sp³-hybridized carbons (Fsp3) is 0.476. The molecule has 2 fully saturated rings. The number of carbonyl (C=O) groups excluding carboxylic acids is 2. The average molecular weight is 431 g/mol. The molecule has 1 aromatic heterocycles. The number of fused-ring (bicyclic) bond motifs is 1. The number of nitrogens with one attached hydrogen (secondary N) is 1. The second-order valence-corrected chi connectivity index (χ2v) is 8.40. The Morgan fingerprint density at radius 3 is 2.70 bits per heavy atom. The Morgan fingerprint density at radius 2 is 1.93 bits per heavy atom. The molecule has 30 heavy (non-hydrogen) atoms. The third kappa shape index (κ3) is 4.23. The van der Waals surface area contributed by atoms with Crippen LogP contribution in [-0.4, -0.2) is 72.5 Å². The third-order valence-electron chi connectivity index (χ3n) is 5.89. The molecule has 0 radical (unpaired) electrons. The number of nitrogens with two attached hydrogens (primary N) is 1. The summed E-state index contributed by atoms with van der Waals surface area (Å²) in [5.74, 6) is 0.438. The van der Waals surface area contributed by atoms with Crippen molar-refractivity contribution in [3.05, 3.63) is 29.3 Å². The maximum absolute atomic E-state index is 12.8. The van der Waals surface area contributed by atoms with Gasteiger partial charge in [0.1, 0.15) is 11.9 Å². The van der Waals surface area contributed by atoms with E-state index in [4.69, 9.17) is 17.3 Å². The van der Waals surface area contributed by atoms with Gasteiger partial charge < -0.3 is 25.8 Å². The number of piperazine rings is 1. The normalized spacial score (nSPS) is 20.4. The fourth-order valence-corrected chi connectivity index (χ4v) is 4.35. The molecule has 4 rings (SSSR count).